The molecule has 2 aliphatic heterocycles. The number of aromatic hydroxyl groups is 3. The number of hydrogen-bond donors (Lipinski definition) is 7. The first-order valence-electron chi connectivity index (χ1n) is 23.0. The fourth-order valence-corrected chi connectivity index (χ4v) is 10.2. The molecule has 13 heteroatoms. The number of benzene rings is 5. The van der Waals surface area contributed by atoms with Gasteiger partial charge in [0.1, 0.15) is 46.4 Å². The standard InChI is InChI=1S/C52H63NO12/c1-4-30-22-40(31-9-7-10-34(56)20-31)32(23-45(30)58)19-33-21-38(63-36-11-5-6-12-36)25-42-49(59)44(28-62-50(33)42)48-46(13-8-18-60-2)65-51-39-15-14-35(57)24-41(39)47(61-3)26-43(51)52(48)64-37(16-17-54)27-53-29-55/h7,9-10,14-15,20-26,36-37,44,46,48-49,52-59H,4-6,8,11-13,16-19,27-29H2,1-3H3. The number of fused-ring (bicyclic) bond motifs is 4. The summed E-state index contributed by atoms with van der Waals surface area (Å²) in [6, 6.07) is 21.7. The first-order valence-corrected chi connectivity index (χ1v) is 23.0. The van der Waals surface area contributed by atoms with Crippen LogP contribution in [-0.2, 0) is 22.3 Å². The molecule has 5 aromatic carbocycles. The Morgan fingerprint density at radius 3 is 2.40 bits per heavy atom. The van der Waals surface area contributed by atoms with Crippen LogP contribution in [0.15, 0.2) is 72.8 Å². The molecule has 7 N–H and O–H groups in total. The lowest BCUT2D eigenvalue weighted by molar-refractivity contribution is -0.135. The lowest BCUT2D eigenvalue weighted by atomic mass is 9.72. The van der Waals surface area contributed by atoms with E-state index in [9.17, 15) is 30.6 Å². The summed E-state index contributed by atoms with van der Waals surface area (Å²) in [7, 11) is 3.23. The van der Waals surface area contributed by atoms with Gasteiger partial charge in [0.05, 0.1) is 44.9 Å². The van der Waals surface area contributed by atoms with E-state index in [1.54, 1.807) is 56.7 Å². The molecule has 13 nitrogen and oxygen atoms in total. The summed E-state index contributed by atoms with van der Waals surface area (Å²) < 4.78 is 39.2. The molecule has 0 saturated heterocycles. The van der Waals surface area contributed by atoms with Crippen LogP contribution in [0.2, 0.25) is 0 Å². The summed E-state index contributed by atoms with van der Waals surface area (Å²) in [6.45, 7) is 2.39. The molecular weight excluding hydrogens is 831 g/mol. The van der Waals surface area contributed by atoms with E-state index in [0.717, 1.165) is 58.9 Å². The van der Waals surface area contributed by atoms with Crippen LogP contribution in [0.1, 0.15) is 91.9 Å². The number of methoxy groups -OCH3 is 2. The molecule has 348 valence electrons. The van der Waals surface area contributed by atoms with Crippen molar-refractivity contribution < 1.29 is 59.1 Å². The van der Waals surface area contributed by atoms with Crippen LogP contribution >= 0.6 is 0 Å². The Morgan fingerprint density at radius 1 is 0.846 bits per heavy atom. The van der Waals surface area contributed by atoms with Gasteiger partial charge >= 0.3 is 0 Å². The highest BCUT2D eigenvalue weighted by molar-refractivity contribution is 5.96. The molecule has 5 aromatic rings. The minimum absolute atomic E-state index is 0.0305. The lowest BCUT2D eigenvalue weighted by Gasteiger charge is -2.47. The zero-order valence-corrected chi connectivity index (χ0v) is 37.5. The molecule has 8 rings (SSSR count). The maximum Gasteiger partial charge on any atom is 0.133 e. The average Bonchev–Trinajstić information content (AvgIpc) is 3.82. The lowest BCUT2D eigenvalue weighted by Crippen LogP contribution is -2.48. The molecule has 3 aliphatic rings. The van der Waals surface area contributed by atoms with E-state index in [1.807, 2.05) is 37.3 Å². The predicted molar refractivity (Wildman–Crippen MR) is 246 cm³/mol. The zero-order valence-electron chi connectivity index (χ0n) is 37.5. The van der Waals surface area contributed by atoms with Crippen LogP contribution in [0.4, 0.5) is 0 Å². The van der Waals surface area contributed by atoms with Crippen molar-refractivity contribution in [1.82, 2.24) is 5.32 Å². The molecule has 1 saturated carbocycles. The maximum atomic E-state index is 13.0. The van der Waals surface area contributed by atoms with E-state index in [1.165, 1.54) is 0 Å². The van der Waals surface area contributed by atoms with E-state index in [4.69, 9.17) is 28.4 Å². The van der Waals surface area contributed by atoms with Crippen LogP contribution in [0.3, 0.4) is 0 Å². The largest absolute Gasteiger partial charge is 0.508 e. The maximum absolute atomic E-state index is 13.0. The van der Waals surface area contributed by atoms with Gasteiger partial charge in [-0.2, -0.15) is 0 Å². The van der Waals surface area contributed by atoms with Crippen molar-refractivity contribution in [1.29, 1.82) is 0 Å². The highest BCUT2D eigenvalue weighted by Gasteiger charge is 2.50. The fraction of sp³-hybridized carbons (Fsp3) is 0.462. The van der Waals surface area contributed by atoms with Gasteiger partial charge in [-0.25, -0.2) is 0 Å². The number of nitrogens with one attached hydrogen (secondary N) is 1. The van der Waals surface area contributed by atoms with Crippen LogP contribution in [-0.4, -0.2) is 96.3 Å². The van der Waals surface area contributed by atoms with Crippen LogP contribution in [0.25, 0.3) is 21.9 Å². The summed E-state index contributed by atoms with van der Waals surface area (Å²) in [5, 5.41) is 69.6. The van der Waals surface area contributed by atoms with Gasteiger partial charge in [-0.3, -0.25) is 5.32 Å². The summed E-state index contributed by atoms with van der Waals surface area (Å²) in [5.74, 6) is 1.53. The van der Waals surface area contributed by atoms with Crippen molar-refractivity contribution in [2.45, 2.75) is 95.2 Å². The number of aliphatic hydroxyl groups excluding tert-OH is 3. The van der Waals surface area contributed by atoms with Crippen molar-refractivity contribution in [2.75, 3.05) is 47.3 Å². The Balaban J connectivity index is 1.26. The van der Waals surface area contributed by atoms with Gasteiger partial charge in [0.25, 0.3) is 0 Å². The minimum atomic E-state index is -1.08. The quantitative estimate of drug-likeness (QED) is 0.0312. The third-order valence-corrected chi connectivity index (χ3v) is 13.4. The molecule has 1 aliphatic carbocycles. The summed E-state index contributed by atoms with van der Waals surface area (Å²) >= 11 is 0. The first-order chi connectivity index (χ1) is 31.6. The smallest absolute Gasteiger partial charge is 0.133 e. The van der Waals surface area contributed by atoms with E-state index < -0.39 is 36.3 Å². The third-order valence-electron chi connectivity index (χ3n) is 13.4. The molecule has 65 heavy (non-hydrogen) atoms. The molecule has 6 unspecified atom stereocenters. The molecule has 0 amide bonds. The normalized spacial score (nSPS) is 21.0. The molecule has 0 radical (unpaired) electrons. The number of hydrogen-bond acceptors (Lipinski definition) is 13. The Kier molecular flexibility index (Phi) is 14.9. The fourth-order valence-electron chi connectivity index (χ4n) is 10.2. The second-order valence-corrected chi connectivity index (χ2v) is 17.6. The molecule has 0 spiro atoms. The molecule has 1 fully saturated rings. The van der Waals surface area contributed by atoms with Gasteiger partial charge < -0.3 is 59.1 Å². The van der Waals surface area contributed by atoms with Gasteiger partial charge in [0.15, 0.2) is 0 Å². The first kappa shape index (κ1) is 46.3. The van der Waals surface area contributed by atoms with Crippen LogP contribution < -0.4 is 24.3 Å². The topological polar surface area (TPSA) is 189 Å². The van der Waals surface area contributed by atoms with Gasteiger partial charge in [0, 0.05) is 72.6 Å². The number of aliphatic hydroxyl groups is 3. The number of phenols is 3. The van der Waals surface area contributed by atoms with Crippen molar-refractivity contribution >= 4 is 10.8 Å². The van der Waals surface area contributed by atoms with Crippen molar-refractivity contribution in [2.24, 2.45) is 11.8 Å². The number of rotatable bonds is 19. The summed E-state index contributed by atoms with van der Waals surface area (Å²) in [5.41, 5.74) is 5.31. The Bertz CT molecular complexity index is 2420. The molecule has 6 atom stereocenters. The summed E-state index contributed by atoms with van der Waals surface area (Å²) in [4.78, 5) is 0. The number of aryl methyl sites for hydroxylation is 1. The predicted octanol–water partition coefficient (Wildman–Crippen LogP) is 8.00. The van der Waals surface area contributed by atoms with Crippen LogP contribution in [0, 0.1) is 11.8 Å². The number of phenolic OH excluding ortho intramolecular Hbond substituents is 3. The van der Waals surface area contributed by atoms with Crippen molar-refractivity contribution in [3.05, 3.63) is 101 Å². The van der Waals surface area contributed by atoms with Gasteiger partial charge in [-0.05, 0) is 134 Å². The van der Waals surface area contributed by atoms with Crippen LogP contribution in [0.5, 0.6) is 40.2 Å². The highest BCUT2D eigenvalue weighted by atomic mass is 16.5. The summed E-state index contributed by atoms with van der Waals surface area (Å²) in [6.07, 6.45) is 3.61. The molecule has 0 aromatic heterocycles. The highest BCUT2D eigenvalue weighted by Crippen LogP contribution is 2.55. The molecule has 2 heterocycles. The minimum Gasteiger partial charge on any atom is -0.508 e. The Morgan fingerprint density at radius 2 is 1.66 bits per heavy atom. The van der Waals surface area contributed by atoms with E-state index in [0.29, 0.717) is 71.8 Å². The Hall–Kier alpha value is -5.28. The van der Waals surface area contributed by atoms with Crippen molar-refractivity contribution in [3.8, 4) is 51.4 Å². The zero-order chi connectivity index (χ0) is 45.6. The van der Waals surface area contributed by atoms with E-state index >= 15 is 0 Å². The molecular formula is C52H63NO12. The average molecular weight is 894 g/mol. The monoisotopic (exact) mass is 893 g/mol. The number of ether oxygens (including phenoxy) is 6. The SMILES string of the molecule is CCc1cc(-c2cccc(O)c2)c(Cc2cc(OC3CCCC3)cc3c2OCC(C2C(CCCOC)Oc4c(cc(OC)c5cc(O)ccc45)C2OC(CCO)CNCO)C3O)cc1O. The third kappa shape index (κ3) is 9.96. The van der Waals surface area contributed by atoms with Crippen molar-refractivity contribution in [3.63, 3.8) is 0 Å². The van der Waals surface area contributed by atoms with E-state index in [2.05, 4.69) is 5.32 Å². The van der Waals surface area contributed by atoms with E-state index in [-0.39, 0.29) is 56.3 Å². The Labute approximate surface area is 380 Å². The van der Waals surface area contributed by atoms with Gasteiger partial charge in [-0.1, -0.05) is 19.1 Å². The van der Waals surface area contributed by atoms with Gasteiger partial charge in [-0.15, -0.1) is 0 Å². The van der Waals surface area contributed by atoms with Gasteiger partial charge in [0.2, 0.25) is 0 Å². The molecule has 0 bridgehead atoms. The second-order valence-electron chi connectivity index (χ2n) is 17.6. The second kappa shape index (κ2) is 20.9.